The summed E-state index contributed by atoms with van der Waals surface area (Å²) in [5, 5.41) is 9.60. The summed E-state index contributed by atoms with van der Waals surface area (Å²) < 4.78 is 0. The van der Waals surface area contributed by atoms with Crippen LogP contribution >= 0.6 is 12.4 Å². The van der Waals surface area contributed by atoms with E-state index in [0.29, 0.717) is 11.8 Å². The first kappa shape index (κ1) is 9.30. The second-order valence-electron chi connectivity index (χ2n) is 3.81. The molecular formula is C8H16ClNO. The van der Waals surface area contributed by atoms with E-state index in [1.54, 1.807) is 0 Å². The Hall–Kier alpha value is 0.210. The SMILES string of the molecule is CN1CC2CCC(C1)C2O.Cl. The molecule has 1 saturated heterocycles. The van der Waals surface area contributed by atoms with E-state index in [0.717, 1.165) is 13.1 Å². The van der Waals surface area contributed by atoms with E-state index in [9.17, 15) is 5.11 Å². The number of aliphatic hydroxyl groups excluding tert-OH is 1. The lowest BCUT2D eigenvalue weighted by Crippen LogP contribution is -2.42. The minimum atomic E-state index is 0. The number of hydrogen-bond acceptors (Lipinski definition) is 2. The molecule has 1 saturated carbocycles. The Kier molecular flexibility index (Phi) is 2.79. The lowest BCUT2D eigenvalue weighted by molar-refractivity contribution is 0.0265. The third-order valence-electron chi connectivity index (χ3n) is 2.97. The largest absolute Gasteiger partial charge is 0.392 e. The van der Waals surface area contributed by atoms with Crippen molar-refractivity contribution in [2.24, 2.45) is 11.8 Å². The number of hydrogen-bond donors (Lipinski definition) is 1. The molecule has 11 heavy (non-hydrogen) atoms. The summed E-state index contributed by atoms with van der Waals surface area (Å²) in [7, 11) is 2.15. The predicted molar refractivity (Wildman–Crippen MR) is 47.0 cm³/mol. The lowest BCUT2D eigenvalue weighted by atomic mass is 9.96. The van der Waals surface area contributed by atoms with Crippen LogP contribution in [-0.4, -0.2) is 36.2 Å². The molecule has 1 heterocycles. The van der Waals surface area contributed by atoms with Crippen LogP contribution in [0.1, 0.15) is 12.8 Å². The molecule has 0 spiro atoms. The lowest BCUT2D eigenvalue weighted by Gasteiger charge is -2.32. The summed E-state index contributed by atoms with van der Waals surface area (Å²) in [4.78, 5) is 2.34. The van der Waals surface area contributed by atoms with Gasteiger partial charge in [0.25, 0.3) is 0 Å². The van der Waals surface area contributed by atoms with Crippen LogP contribution in [0.3, 0.4) is 0 Å². The van der Waals surface area contributed by atoms with Gasteiger partial charge in [-0.1, -0.05) is 0 Å². The van der Waals surface area contributed by atoms with Gasteiger partial charge in [0.15, 0.2) is 0 Å². The second kappa shape index (κ2) is 3.30. The van der Waals surface area contributed by atoms with Gasteiger partial charge >= 0.3 is 0 Å². The number of rotatable bonds is 0. The predicted octanol–water partition coefficient (Wildman–Crippen LogP) is 0.741. The van der Waals surface area contributed by atoms with Crippen molar-refractivity contribution in [1.82, 2.24) is 4.90 Å². The average molecular weight is 178 g/mol. The number of aliphatic hydroxyl groups is 1. The van der Waals surface area contributed by atoms with E-state index in [-0.39, 0.29) is 18.5 Å². The van der Waals surface area contributed by atoms with Gasteiger partial charge in [0, 0.05) is 13.1 Å². The molecule has 0 aromatic carbocycles. The Balaban J connectivity index is 0.000000605. The maximum atomic E-state index is 9.60. The fourth-order valence-corrected chi connectivity index (χ4v) is 2.43. The monoisotopic (exact) mass is 177 g/mol. The molecule has 1 aliphatic heterocycles. The summed E-state index contributed by atoms with van der Waals surface area (Å²) in [6.45, 7) is 2.22. The Morgan fingerprint density at radius 2 is 1.64 bits per heavy atom. The van der Waals surface area contributed by atoms with Crippen molar-refractivity contribution >= 4 is 12.4 Å². The van der Waals surface area contributed by atoms with Crippen molar-refractivity contribution in [2.45, 2.75) is 18.9 Å². The highest BCUT2D eigenvalue weighted by molar-refractivity contribution is 5.85. The van der Waals surface area contributed by atoms with Gasteiger partial charge in [0.1, 0.15) is 0 Å². The Morgan fingerprint density at radius 3 is 2.09 bits per heavy atom. The smallest absolute Gasteiger partial charge is 0.0620 e. The van der Waals surface area contributed by atoms with E-state index >= 15 is 0 Å². The number of halogens is 1. The van der Waals surface area contributed by atoms with Gasteiger partial charge in [0.05, 0.1) is 6.10 Å². The van der Waals surface area contributed by atoms with Gasteiger partial charge in [0.2, 0.25) is 0 Å². The fourth-order valence-electron chi connectivity index (χ4n) is 2.43. The zero-order valence-corrected chi connectivity index (χ0v) is 7.68. The molecular weight excluding hydrogens is 162 g/mol. The van der Waals surface area contributed by atoms with E-state index in [4.69, 9.17) is 0 Å². The Morgan fingerprint density at radius 1 is 1.18 bits per heavy atom. The summed E-state index contributed by atoms with van der Waals surface area (Å²) in [6.07, 6.45) is 2.52. The highest BCUT2D eigenvalue weighted by Crippen LogP contribution is 2.35. The van der Waals surface area contributed by atoms with Crippen molar-refractivity contribution in [3.8, 4) is 0 Å². The first-order valence-electron chi connectivity index (χ1n) is 4.14. The van der Waals surface area contributed by atoms with Gasteiger partial charge in [-0.3, -0.25) is 0 Å². The molecule has 2 unspecified atom stereocenters. The van der Waals surface area contributed by atoms with Gasteiger partial charge in [-0.2, -0.15) is 0 Å². The van der Waals surface area contributed by atoms with Crippen molar-refractivity contribution in [3.63, 3.8) is 0 Å². The molecule has 2 nitrogen and oxygen atoms in total. The summed E-state index contributed by atoms with van der Waals surface area (Å²) in [6, 6.07) is 0. The topological polar surface area (TPSA) is 23.5 Å². The van der Waals surface area contributed by atoms with Gasteiger partial charge < -0.3 is 10.0 Å². The van der Waals surface area contributed by atoms with Crippen molar-refractivity contribution < 1.29 is 5.11 Å². The maximum absolute atomic E-state index is 9.60. The number of nitrogens with zero attached hydrogens (tertiary/aromatic N) is 1. The average Bonchev–Trinajstić information content (AvgIpc) is 2.20. The molecule has 1 N–H and O–H groups in total. The number of piperidine rings is 1. The van der Waals surface area contributed by atoms with Gasteiger partial charge in [-0.05, 0) is 31.7 Å². The normalized spacial score (nSPS) is 43.6. The molecule has 2 aliphatic rings. The van der Waals surface area contributed by atoms with Crippen LogP contribution in [0.4, 0.5) is 0 Å². The molecule has 0 radical (unpaired) electrons. The summed E-state index contributed by atoms with van der Waals surface area (Å²) in [5.74, 6) is 1.17. The third kappa shape index (κ3) is 1.53. The molecule has 1 aliphatic carbocycles. The van der Waals surface area contributed by atoms with Crippen LogP contribution in [0.5, 0.6) is 0 Å². The molecule has 0 aromatic heterocycles. The van der Waals surface area contributed by atoms with E-state index in [1.807, 2.05) is 0 Å². The van der Waals surface area contributed by atoms with E-state index in [1.165, 1.54) is 12.8 Å². The summed E-state index contributed by atoms with van der Waals surface area (Å²) >= 11 is 0. The Bertz CT molecular complexity index is 128. The molecule has 0 amide bonds. The van der Waals surface area contributed by atoms with Crippen molar-refractivity contribution in [1.29, 1.82) is 0 Å². The second-order valence-corrected chi connectivity index (χ2v) is 3.81. The van der Waals surface area contributed by atoms with Crippen LogP contribution in [0.25, 0.3) is 0 Å². The van der Waals surface area contributed by atoms with Crippen LogP contribution in [0.2, 0.25) is 0 Å². The van der Waals surface area contributed by atoms with Gasteiger partial charge in [-0.25, -0.2) is 0 Å². The molecule has 66 valence electrons. The van der Waals surface area contributed by atoms with Crippen molar-refractivity contribution in [3.05, 3.63) is 0 Å². The molecule has 2 fully saturated rings. The standard InChI is InChI=1S/C8H15NO.ClH/c1-9-4-6-2-3-7(5-9)8(6)10;/h6-8,10H,2-5H2,1H3;1H. The first-order valence-corrected chi connectivity index (χ1v) is 4.14. The highest BCUT2D eigenvalue weighted by atomic mass is 35.5. The van der Waals surface area contributed by atoms with Crippen molar-refractivity contribution in [2.75, 3.05) is 20.1 Å². The fraction of sp³-hybridized carbons (Fsp3) is 1.00. The van der Waals surface area contributed by atoms with E-state index in [2.05, 4.69) is 11.9 Å². The minimum absolute atomic E-state index is 0. The minimum Gasteiger partial charge on any atom is -0.392 e. The zero-order valence-electron chi connectivity index (χ0n) is 6.86. The molecule has 2 atom stereocenters. The molecule has 0 aromatic rings. The molecule has 2 bridgehead atoms. The number of fused-ring (bicyclic) bond motifs is 2. The molecule has 2 rings (SSSR count). The number of likely N-dealkylation sites (tertiary alicyclic amines) is 1. The third-order valence-corrected chi connectivity index (χ3v) is 2.97. The van der Waals surface area contributed by atoms with Crippen LogP contribution < -0.4 is 0 Å². The first-order chi connectivity index (χ1) is 4.77. The van der Waals surface area contributed by atoms with Crippen LogP contribution in [-0.2, 0) is 0 Å². The maximum Gasteiger partial charge on any atom is 0.0620 e. The highest BCUT2D eigenvalue weighted by Gasteiger charge is 2.39. The van der Waals surface area contributed by atoms with E-state index < -0.39 is 0 Å². The quantitative estimate of drug-likeness (QED) is 0.590. The molecule has 3 heteroatoms. The van der Waals surface area contributed by atoms with Crippen LogP contribution in [0, 0.1) is 11.8 Å². The zero-order chi connectivity index (χ0) is 7.14. The summed E-state index contributed by atoms with van der Waals surface area (Å²) in [5.41, 5.74) is 0. The van der Waals surface area contributed by atoms with Crippen LogP contribution in [0.15, 0.2) is 0 Å². The van der Waals surface area contributed by atoms with Gasteiger partial charge in [-0.15, -0.1) is 12.4 Å². The Labute approximate surface area is 74.0 Å².